The lowest BCUT2D eigenvalue weighted by molar-refractivity contribution is -0.163. The van der Waals surface area contributed by atoms with E-state index < -0.39 is 107 Å². The number of carbonyl (C=O) groups is 7. The fraction of sp³-hybridized carbons (Fsp3) is 0.548. The fourth-order valence-electron chi connectivity index (χ4n) is 8.56. The van der Waals surface area contributed by atoms with Gasteiger partial charge in [0.1, 0.15) is 54.0 Å². The first-order valence-electron chi connectivity index (χ1n) is 20.2. The average molecular weight is 822 g/mol. The second-order valence-electron chi connectivity index (χ2n) is 16.9. The van der Waals surface area contributed by atoms with Crippen molar-refractivity contribution in [3.05, 3.63) is 65.2 Å². The molecule has 4 saturated heterocycles. The number of piperidine rings is 1. The van der Waals surface area contributed by atoms with Crippen LogP contribution in [0.2, 0.25) is 0 Å². The molecule has 7 amide bonds. The minimum absolute atomic E-state index is 0.0234. The molecule has 59 heavy (non-hydrogen) atoms. The molecule has 4 fully saturated rings. The van der Waals surface area contributed by atoms with E-state index in [-0.39, 0.29) is 38.0 Å². The summed E-state index contributed by atoms with van der Waals surface area (Å²) in [7, 11) is 0. The van der Waals surface area contributed by atoms with Gasteiger partial charge in [0.2, 0.25) is 29.5 Å². The minimum atomic E-state index is -1.63. The first-order valence-corrected chi connectivity index (χ1v) is 20.2. The summed E-state index contributed by atoms with van der Waals surface area (Å²) in [6.07, 6.45) is 0.751. The molecule has 0 radical (unpaired) electrons. The molecular formula is C42H53F2N7O8. The Kier molecular flexibility index (Phi) is 12.9. The third kappa shape index (κ3) is 9.99. The molecule has 7 unspecified atom stereocenters. The number of amides is 7. The van der Waals surface area contributed by atoms with Gasteiger partial charge in [0, 0.05) is 37.8 Å². The van der Waals surface area contributed by atoms with Gasteiger partial charge in [0.25, 0.3) is 0 Å². The van der Waals surface area contributed by atoms with Crippen molar-refractivity contribution in [3.8, 4) is 0 Å². The van der Waals surface area contributed by atoms with Crippen molar-refractivity contribution >= 4 is 47.2 Å². The summed E-state index contributed by atoms with van der Waals surface area (Å²) in [4.78, 5) is 103. The van der Waals surface area contributed by atoms with Gasteiger partial charge in [-0.25, -0.2) is 18.4 Å². The van der Waals surface area contributed by atoms with Gasteiger partial charge in [-0.15, -0.1) is 0 Å². The Morgan fingerprint density at radius 2 is 1.49 bits per heavy atom. The Balaban J connectivity index is 1.35. The smallest absolute Gasteiger partial charge is 0.329 e. The standard InChI is InChI=1S/C42H53F2N7O8/c1-23-11-13-29(14-12-23)46-41(58)47-30(19-26-17-27(43)20-28(44)18-26)35(52)48-34-25(3)59-40(57)33-21-42(4,5)22-51(33)37(54)24(2)45-36(53)31-9-6-7-15-49(31)38(55)32-10-8-16-50(32)39(34)56/h11-14,17-18,20,24-25,30-34H,6-10,15-16,19,21-22H2,1-5H3,(H,45,53)(H,48,52)(H2,46,47,58). The number of hydrogen-bond acceptors (Lipinski definition) is 8. The zero-order valence-corrected chi connectivity index (χ0v) is 34.0. The number of urea groups is 1. The van der Waals surface area contributed by atoms with Crippen LogP contribution in [0.3, 0.4) is 0 Å². The van der Waals surface area contributed by atoms with Crippen LogP contribution in [0.1, 0.15) is 77.3 Å². The lowest BCUT2D eigenvalue weighted by atomic mass is 9.91. The second kappa shape index (κ2) is 17.7. The van der Waals surface area contributed by atoms with E-state index in [4.69, 9.17) is 4.74 Å². The summed E-state index contributed by atoms with van der Waals surface area (Å²) in [5, 5.41) is 10.6. The monoisotopic (exact) mass is 821 g/mol. The number of rotatable bonds is 6. The van der Waals surface area contributed by atoms with Crippen LogP contribution < -0.4 is 21.3 Å². The van der Waals surface area contributed by atoms with Gasteiger partial charge in [0.05, 0.1) is 0 Å². The summed E-state index contributed by atoms with van der Waals surface area (Å²) < 4.78 is 34.6. The maximum absolute atomic E-state index is 14.7. The molecular weight excluding hydrogens is 768 g/mol. The number of esters is 1. The van der Waals surface area contributed by atoms with Gasteiger partial charge in [-0.3, -0.25) is 24.0 Å². The molecule has 4 aliphatic heterocycles. The topological polar surface area (TPSA) is 187 Å². The van der Waals surface area contributed by atoms with E-state index in [0.29, 0.717) is 37.4 Å². The van der Waals surface area contributed by atoms with Gasteiger partial charge in [-0.2, -0.15) is 0 Å². The highest BCUT2D eigenvalue weighted by Crippen LogP contribution is 2.36. The van der Waals surface area contributed by atoms with Crippen molar-refractivity contribution in [3.63, 3.8) is 0 Å². The van der Waals surface area contributed by atoms with E-state index in [9.17, 15) is 42.3 Å². The third-order valence-corrected chi connectivity index (χ3v) is 11.5. The number of anilines is 1. The van der Waals surface area contributed by atoms with Crippen LogP contribution >= 0.6 is 0 Å². The van der Waals surface area contributed by atoms with Crippen molar-refractivity contribution in [1.82, 2.24) is 30.7 Å². The number of fused-ring (bicyclic) bond motifs is 3. The van der Waals surface area contributed by atoms with Crippen molar-refractivity contribution in [2.45, 2.75) is 122 Å². The van der Waals surface area contributed by atoms with Crippen LogP contribution in [-0.4, -0.2) is 118 Å². The van der Waals surface area contributed by atoms with Gasteiger partial charge in [-0.1, -0.05) is 31.5 Å². The largest absolute Gasteiger partial charge is 0.458 e. The molecule has 2 aromatic rings. The summed E-state index contributed by atoms with van der Waals surface area (Å²) in [6, 6.07) is 1.49. The second-order valence-corrected chi connectivity index (χ2v) is 16.9. The number of ether oxygens (including phenoxy) is 1. The maximum atomic E-state index is 14.7. The van der Waals surface area contributed by atoms with Gasteiger partial charge >= 0.3 is 12.0 Å². The number of nitrogens with one attached hydrogen (secondary N) is 4. The summed E-state index contributed by atoms with van der Waals surface area (Å²) in [6.45, 7) is 9.11. The van der Waals surface area contributed by atoms with Crippen molar-refractivity contribution in [1.29, 1.82) is 0 Å². The Bertz CT molecular complexity index is 1960. The SMILES string of the molecule is Cc1ccc(NC(=O)NC(Cc2cc(F)cc(F)c2)C(=O)NC2C(=O)N3CCCC3C(=O)N3CCCCC3C(=O)NC(C)C(=O)N3CC(C)(C)CC3C(=O)OC2C)cc1. The van der Waals surface area contributed by atoms with Crippen molar-refractivity contribution < 1.29 is 47.1 Å². The predicted molar refractivity (Wildman–Crippen MR) is 210 cm³/mol. The average Bonchev–Trinajstić information content (AvgIpc) is 3.80. The number of hydrogen-bond donors (Lipinski definition) is 4. The highest BCUT2D eigenvalue weighted by molar-refractivity contribution is 5.99. The molecule has 318 valence electrons. The molecule has 0 bridgehead atoms. The molecule has 4 aliphatic rings. The molecule has 4 heterocycles. The molecule has 0 saturated carbocycles. The van der Waals surface area contributed by atoms with Crippen LogP contribution in [-0.2, 0) is 39.9 Å². The first kappa shape index (κ1) is 43.0. The van der Waals surface area contributed by atoms with Crippen molar-refractivity contribution in [2.24, 2.45) is 5.41 Å². The zero-order chi connectivity index (χ0) is 42.8. The van der Waals surface area contributed by atoms with E-state index >= 15 is 0 Å². The zero-order valence-electron chi connectivity index (χ0n) is 34.0. The molecule has 0 spiro atoms. The normalized spacial score (nSPS) is 26.9. The van der Waals surface area contributed by atoms with Crippen molar-refractivity contribution in [2.75, 3.05) is 25.0 Å². The highest BCUT2D eigenvalue weighted by Gasteiger charge is 2.49. The number of halogens is 2. The predicted octanol–water partition coefficient (Wildman–Crippen LogP) is 2.94. The summed E-state index contributed by atoms with van der Waals surface area (Å²) in [5.74, 6) is -5.87. The molecule has 15 nitrogen and oxygen atoms in total. The molecule has 0 aromatic heterocycles. The number of carbonyl (C=O) groups excluding carboxylic acids is 7. The van der Waals surface area contributed by atoms with E-state index in [1.54, 1.807) is 24.3 Å². The fourth-order valence-corrected chi connectivity index (χ4v) is 8.56. The van der Waals surface area contributed by atoms with E-state index in [2.05, 4.69) is 21.3 Å². The molecule has 6 rings (SSSR count). The minimum Gasteiger partial charge on any atom is -0.458 e. The molecule has 17 heteroatoms. The van der Waals surface area contributed by atoms with E-state index in [0.717, 1.165) is 17.7 Å². The van der Waals surface area contributed by atoms with Gasteiger partial charge in [0.15, 0.2) is 0 Å². The van der Waals surface area contributed by atoms with E-state index in [1.807, 2.05) is 20.8 Å². The quantitative estimate of drug-likeness (QED) is 0.321. The third-order valence-electron chi connectivity index (χ3n) is 11.5. The van der Waals surface area contributed by atoms with Gasteiger partial charge < -0.3 is 40.7 Å². The van der Waals surface area contributed by atoms with Crippen LogP contribution in [0, 0.1) is 24.0 Å². The Hall–Kier alpha value is -5.61. The van der Waals surface area contributed by atoms with Crippen LogP contribution in [0.5, 0.6) is 0 Å². The molecule has 2 aromatic carbocycles. The molecule has 4 N–H and O–H groups in total. The Labute approximate surface area is 341 Å². The number of cyclic esters (lactones) is 1. The number of benzene rings is 2. The van der Waals surface area contributed by atoms with Crippen LogP contribution in [0.25, 0.3) is 0 Å². The number of nitrogens with zero attached hydrogens (tertiary/aromatic N) is 3. The highest BCUT2D eigenvalue weighted by atomic mass is 19.1. The Morgan fingerprint density at radius 1 is 0.847 bits per heavy atom. The van der Waals surface area contributed by atoms with Crippen LogP contribution in [0.15, 0.2) is 42.5 Å². The maximum Gasteiger partial charge on any atom is 0.329 e. The van der Waals surface area contributed by atoms with Gasteiger partial charge in [-0.05, 0) is 94.5 Å². The number of aryl methyl sites for hydroxylation is 1. The lowest BCUT2D eigenvalue weighted by Gasteiger charge is -2.39. The first-order chi connectivity index (χ1) is 27.9. The Morgan fingerprint density at radius 3 is 2.19 bits per heavy atom. The molecule has 7 atom stereocenters. The van der Waals surface area contributed by atoms with Crippen LogP contribution in [0.4, 0.5) is 19.3 Å². The molecule has 0 aliphatic carbocycles. The lowest BCUT2D eigenvalue weighted by Crippen LogP contribution is -2.63. The summed E-state index contributed by atoms with van der Waals surface area (Å²) >= 11 is 0. The summed E-state index contributed by atoms with van der Waals surface area (Å²) in [5.41, 5.74) is 0.828. The van der Waals surface area contributed by atoms with E-state index in [1.165, 1.54) is 28.5 Å².